The van der Waals surface area contributed by atoms with Crippen LogP contribution in [0, 0.1) is 5.82 Å². The molecular formula is C22H15BFN. The first-order valence-electron chi connectivity index (χ1n) is 8.11. The molecule has 0 bridgehead atoms. The molecule has 0 aromatic heterocycles. The van der Waals surface area contributed by atoms with Gasteiger partial charge in [-0.1, -0.05) is 54.0 Å². The van der Waals surface area contributed by atoms with Crippen molar-refractivity contribution in [3.63, 3.8) is 0 Å². The maximum absolute atomic E-state index is 13.4. The molecule has 0 aliphatic heterocycles. The lowest BCUT2D eigenvalue weighted by atomic mass is 9.96. The van der Waals surface area contributed by atoms with Gasteiger partial charge in [0.15, 0.2) is 0 Å². The minimum Gasteiger partial charge on any atom is -0.310 e. The van der Waals surface area contributed by atoms with E-state index in [1.807, 2.05) is 42.5 Å². The number of anilines is 3. The van der Waals surface area contributed by atoms with Crippen LogP contribution in [-0.4, -0.2) is 7.85 Å². The van der Waals surface area contributed by atoms with Gasteiger partial charge in [0, 0.05) is 16.8 Å². The van der Waals surface area contributed by atoms with Crippen LogP contribution in [-0.2, 0) is 0 Å². The second-order valence-electron chi connectivity index (χ2n) is 5.90. The second-order valence-corrected chi connectivity index (χ2v) is 5.90. The number of nitrogens with zero attached hydrogens (tertiary/aromatic N) is 1. The lowest BCUT2D eigenvalue weighted by Crippen LogP contribution is -2.12. The third kappa shape index (κ3) is 3.01. The van der Waals surface area contributed by atoms with Crippen molar-refractivity contribution in [3.05, 3.63) is 96.8 Å². The average Bonchev–Trinajstić information content (AvgIpc) is 2.65. The highest BCUT2D eigenvalue weighted by atomic mass is 19.1. The molecule has 0 amide bonds. The minimum atomic E-state index is -0.251. The van der Waals surface area contributed by atoms with E-state index in [1.54, 1.807) is 12.1 Å². The van der Waals surface area contributed by atoms with E-state index in [2.05, 4.69) is 29.2 Å². The van der Waals surface area contributed by atoms with Gasteiger partial charge in [0.25, 0.3) is 0 Å². The molecule has 1 nitrogen and oxygen atoms in total. The molecule has 0 saturated heterocycles. The van der Waals surface area contributed by atoms with Crippen LogP contribution in [0.1, 0.15) is 0 Å². The van der Waals surface area contributed by atoms with Gasteiger partial charge in [0.05, 0.1) is 5.69 Å². The van der Waals surface area contributed by atoms with E-state index in [4.69, 9.17) is 7.85 Å². The summed E-state index contributed by atoms with van der Waals surface area (Å²) >= 11 is 0. The monoisotopic (exact) mass is 323 g/mol. The van der Waals surface area contributed by atoms with E-state index in [0.29, 0.717) is 5.46 Å². The van der Waals surface area contributed by atoms with Crippen molar-refractivity contribution in [1.82, 2.24) is 0 Å². The Kier molecular flexibility index (Phi) is 3.98. The highest BCUT2D eigenvalue weighted by Gasteiger charge is 2.14. The number of hydrogen-bond acceptors (Lipinski definition) is 1. The molecule has 4 aromatic carbocycles. The average molecular weight is 323 g/mol. The molecule has 4 aromatic rings. The van der Waals surface area contributed by atoms with Gasteiger partial charge in [0.1, 0.15) is 13.7 Å². The SMILES string of the molecule is [B]c1ccc(N(c2ccc(F)cc2)c2cccc3ccccc23)cc1. The Labute approximate surface area is 147 Å². The van der Waals surface area contributed by atoms with Crippen molar-refractivity contribution in [1.29, 1.82) is 0 Å². The number of benzene rings is 4. The maximum Gasteiger partial charge on any atom is 0.123 e. The molecule has 4 rings (SSSR count). The van der Waals surface area contributed by atoms with E-state index in [0.717, 1.165) is 27.8 Å². The normalized spacial score (nSPS) is 10.8. The van der Waals surface area contributed by atoms with E-state index in [1.165, 1.54) is 12.1 Å². The Morgan fingerprint density at radius 2 is 1.24 bits per heavy atom. The van der Waals surface area contributed by atoms with E-state index >= 15 is 0 Å². The summed E-state index contributed by atoms with van der Waals surface area (Å²) in [5.41, 5.74) is 3.61. The van der Waals surface area contributed by atoms with Gasteiger partial charge < -0.3 is 4.90 Å². The summed E-state index contributed by atoms with van der Waals surface area (Å²) in [4.78, 5) is 2.11. The molecular weight excluding hydrogens is 308 g/mol. The number of hydrogen-bond donors (Lipinski definition) is 0. The Morgan fingerprint density at radius 1 is 0.640 bits per heavy atom. The van der Waals surface area contributed by atoms with Gasteiger partial charge in [0.2, 0.25) is 0 Å². The standard InChI is InChI=1S/C22H15BFN/c23-17-8-12-19(13-9-17)25(20-14-10-18(24)11-15-20)22-7-3-5-16-4-1-2-6-21(16)22/h1-15H. The molecule has 2 radical (unpaired) electrons. The van der Waals surface area contributed by atoms with Crippen LogP contribution in [0.3, 0.4) is 0 Å². The lowest BCUT2D eigenvalue weighted by Gasteiger charge is -2.27. The minimum absolute atomic E-state index is 0.251. The van der Waals surface area contributed by atoms with Gasteiger partial charge in [-0.05, 0) is 47.9 Å². The molecule has 0 atom stereocenters. The molecule has 0 unspecified atom stereocenters. The smallest absolute Gasteiger partial charge is 0.123 e. The van der Waals surface area contributed by atoms with E-state index in [-0.39, 0.29) is 5.82 Å². The molecule has 0 N–H and O–H groups in total. The fourth-order valence-electron chi connectivity index (χ4n) is 3.04. The molecule has 0 aliphatic carbocycles. The summed E-state index contributed by atoms with van der Waals surface area (Å²) in [5.74, 6) is -0.251. The molecule has 0 aliphatic rings. The summed E-state index contributed by atoms with van der Waals surface area (Å²) in [6, 6.07) is 28.6. The van der Waals surface area contributed by atoms with Crippen LogP contribution in [0.25, 0.3) is 10.8 Å². The highest BCUT2D eigenvalue weighted by Crippen LogP contribution is 2.38. The zero-order chi connectivity index (χ0) is 17.2. The van der Waals surface area contributed by atoms with Crippen molar-refractivity contribution in [2.45, 2.75) is 0 Å². The molecule has 0 spiro atoms. The Morgan fingerprint density at radius 3 is 1.96 bits per heavy atom. The quantitative estimate of drug-likeness (QED) is 0.466. The van der Waals surface area contributed by atoms with Crippen molar-refractivity contribution in [2.75, 3.05) is 4.90 Å². The van der Waals surface area contributed by atoms with Crippen molar-refractivity contribution in [2.24, 2.45) is 0 Å². The molecule has 0 saturated carbocycles. The Hall–Kier alpha value is -3.07. The summed E-state index contributed by atoms with van der Waals surface area (Å²) in [6.45, 7) is 0. The third-order valence-corrected chi connectivity index (χ3v) is 4.24. The van der Waals surface area contributed by atoms with Crippen LogP contribution >= 0.6 is 0 Å². The summed E-state index contributed by atoms with van der Waals surface area (Å²) in [7, 11) is 5.85. The Bertz CT molecular complexity index is 959. The van der Waals surface area contributed by atoms with Gasteiger partial charge in [-0.15, -0.1) is 0 Å². The fraction of sp³-hybridized carbons (Fsp3) is 0. The maximum atomic E-state index is 13.4. The molecule has 0 fully saturated rings. The predicted octanol–water partition coefficient (Wildman–Crippen LogP) is 5.24. The van der Waals surface area contributed by atoms with Gasteiger partial charge in [-0.2, -0.15) is 0 Å². The highest BCUT2D eigenvalue weighted by molar-refractivity contribution is 6.32. The first-order valence-corrected chi connectivity index (χ1v) is 8.11. The zero-order valence-corrected chi connectivity index (χ0v) is 13.6. The van der Waals surface area contributed by atoms with E-state index in [9.17, 15) is 4.39 Å². The molecule has 118 valence electrons. The predicted molar refractivity (Wildman–Crippen MR) is 104 cm³/mol. The number of halogens is 1. The second kappa shape index (κ2) is 6.44. The first-order chi connectivity index (χ1) is 12.2. The fourth-order valence-corrected chi connectivity index (χ4v) is 3.04. The number of fused-ring (bicyclic) bond motifs is 1. The summed E-state index contributed by atoms with van der Waals surface area (Å²) in [5, 5.41) is 2.29. The van der Waals surface area contributed by atoms with Crippen LogP contribution in [0.15, 0.2) is 91.0 Å². The van der Waals surface area contributed by atoms with Crippen molar-refractivity contribution < 1.29 is 4.39 Å². The lowest BCUT2D eigenvalue weighted by molar-refractivity contribution is 0.628. The van der Waals surface area contributed by atoms with Crippen LogP contribution in [0.2, 0.25) is 0 Å². The third-order valence-electron chi connectivity index (χ3n) is 4.24. The largest absolute Gasteiger partial charge is 0.310 e. The molecule has 3 heteroatoms. The summed E-state index contributed by atoms with van der Waals surface area (Å²) in [6.07, 6.45) is 0. The van der Waals surface area contributed by atoms with Crippen LogP contribution in [0.4, 0.5) is 21.5 Å². The number of rotatable bonds is 3. The van der Waals surface area contributed by atoms with Gasteiger partial charge in [-0.25, -0.2) is 4.39 Å². The van der Waals surface area contributed by atoms with Gasteiger partial charge >= 0.3 is 0 Å². The zero-order valence-electron chi connectivity index (χ0n) is 13.6. The van der Waals surface area contributed by atoms with E-state index < -0.39 is 0 Å². The van der Waals surface area contributed by atoms with Gasteiger partial charge in [-0.3, -0.25) is 0 Å². The summed E-state index contributed by atoms with van der Waals surface area (Å²) < 4.78 is 13.4. The van der Waals surface area contributed by atoms with Crippen molar-refractivity contribution in [3.8, 4) is 0 Å². The first kappa shape index (κ1) is 15.5. The van der Waals surface area contributed by atoms with Crippen LogP contribution in [0.5, 0.6) is 0 Å². The molecule has 25 heavy (non-hydrogen) atoms. The molecule has 0 heterocycles. The topological polar surface area (TPSA) is 3.24 Å². The Balaban J connectivity index is 1.96. The van der Waals surface area contributed by atoms with Crippen LogP contribution < -0.4 is 10.4 Å². The van der Waals surface area contributed by atoms with Crippen molar-refractivity contribution >= 4 is 41.1 Å².